The summed E-state index contributed by atoms with van der Waals surface area (Å²) in [5.41, 5.74) is 2.56. The number of para-hydroxylation sites is 3. The molecule has 6 heteroatoms. The maximum Gasteiger partial charge on any atom is 0.244 e. The Kier molecular flexibility index (Phi) is 6.42. The summed E-state index contributed by atoms with van der Waals surface area (Å²) in [4.78, 5) is 29.8. The van der Waals surface area contributed by atoms with Crippen molar-refractivity contribution in [2.75, 3.05) is 11.9 Å². The molecule has 1 saturated carbocycles. The Morgan fingerprint density at radius 3 is 2.50 bits per heavy atom. The molecule has 1 aliphatic rings. The maximum absolute atomic E-state index is 12.6. The van der Waals surface area contributed by atoms with Gasteiger partial charge in [-0.25, -0.2) is 4.98 Å². The summed E-state index contributed by atoms with van der Waals surface area (Å²) in [6.07, 6.45) is 6.09. The fraction of sp³-hybridized carbons (Fsp3) is 0.375. The quantitative estimate of drug-likeness (QED) is 0.627. The normalized spacial score (nSPS) is 14.5. The summed E-state index contributed by atoms with van der Waals surface area (Å²) in [6.45, 7) is 0.709. The van der Waals surface area contributed by atoms with Crippen LogP contribution in [0.25, 0.3) is 11.0 Å². The summed E-state index contributed by atoms with van der Waals surface area (Å²) >= 11 is 0. The van der Waals surface area contributed by atoms with Crippen LogP contribution in [0.15, 0.2) is 54.6 Å². The Bertz CT molecular complexity index is 1010. The van der Waals surface area contributed by atoms with Crippen LogP contribution in [-0.2, 0) is 22.6 Å². The van der Waals surface area contributed by atoms with Crippen molar-refractivity contribution in [2.24, 2.45) is 5.92 Å². The number of benzene rings is 2. The van der Waals surface area contributed by atoms with Crippen LogP contribution in [0.2, 0.25) is 0 Å². The zero-order chi connectivity index (χ0) is 20.8. The van der Waals surface area contributed by atoms with Gasteiger partial charge >= 0.3 is 0 Å². The lowest BCUT2D eigenvalue weighted by Gasteiger charge is -2.20. The number of carbonyl (C=O) groups is 2. The van der Waals surface area contributed by atoms with Gasteiger partial charge in [0, 0.05) is 24.6 Å². The van der Waals surface area contributed by atoms with Crippen LogP contribution in [0, 0.1) is 5.92 Å². The Morgan fingerprint density at radius 1 is 0.967 bits per heavy atom. The van der Waals surface area contributed by atoms with E-state index in [9.17, 15) is 9.59 Å². The number of fused-ring (bicyclic) bond motifs is 1. The number of hydrogen-bond donors (Lipinski definition) is 2. The van der Waals surface area contributed by atoms with Gasteiger partial charge in [-0.3, -0.25) is 9.59 Å². The van der Waals surface area contributed by atoms with Gasteiger partial charge in [-0.1, -0.05) is 49.6 Å². The third kappa shape index (κ3) is 4.87. The topological polar surface area (TPSA) is 76.0 Å². The molecule has 0 unspecified atom stereocenters. The van der Waals surface area contributed by atoms with Gasteiger partial charge < -0.3 is 15.2 Å². The van der Waals surface area contributed by atoms with Crippen molar-refractivity contribution in [1.29, 1.82) is 0 Å². The maximum atomic E-state index is 12.6. The Labute approximate surface area is 176 Å². The van der Waals surface area contributed by atoms with E-state index in [2.05, 4.69) is 10.6 Å². The fourth-order valence-corrected chi connectivity index (χ4v) is 4.16. The van der Waals surface area contributed by atoms with Crippen LogP contribution < -0.4 is 10.6 Å². The van der Waals surface area contributed by atoms with Gasteiger partial charge in [-0.15, -0.1) is 0 Å². The molecule has 4 rings (SSSR count). The molecule has 2 N–H and O–H groups in total. The first-order valence-corrected chi connectivity index (χ1v) is 10.8. The van der Waals surface area contributed by atoms with Gasteiger partial charge in [-0.05, 0) is 37.1 Å². The predicted molar refractivity (Wildman–Crippen MR) is 118 cm³/mol. The first-order chi connectivity index (χ1) is 14.7. The monoisotopic (exact) mass is 404 g/mol. The molecule has 2 amide bonds. The fourth-order valence-electron chi connectivity index (χ4n) is 4.16. The molecule has 0 atom stereocenters. The number of amides is 2. The van der Waals surface area contributed by atoms with Crippen LogP contribution in [0.4, 0.5) is 5.69 Å². The van der Waals surface area contributed by atoms with E-state index < -0.39 is 0 Å². The highest BCUT2D eigenvalue weighted by molar-refractivity contribution is 5.91. The number of nitrogens with one attached hydrogen (secondary N) is 2. The zero-order valence-electron chi connectivity index (χ0n) is 17.1. The molecule has 2 aromatic carbocycles. The summed E-state index contributed by atoms with van der Waals surface area (Å²) in [7, 11) is 0. The second-order valence-electron chi connectivity index (χ2n) is 7.89. The van der Waals surface area contributed by atoms with E-state index in [4.69, 9.17) is 4.98 Å². The standard InChI is InChI=1S/C24H28N4O2/c29-23(26-19-11-5-2-6-12-19)17-28-21-14-8-7-13-20(21)27-22(28)15-16-25-24(30)18-9-3-1-4-10-18/h2,5-8,11-14,18H,1,3-4,9-10,15-17H2,(H,25,30)(H,26,29). The van der Waals surface area contributed by atoms with Gasteiger partial charge in [0.15, 0.2) is 0 Å². The minimum Gasteiger partial charge on any atom is -0.355 e. The molecule has 1 heterocycles. The van der Waals surface area contributed by atoms with Gasteiger partial charge in [0.05, 0.1) is 11.0 Å². The molecule has 3 aromatic rings. The average molecular weight is 405 g/mol. The van der Waals surface area contributed by atoms with Crippen molar-refractivity contribution in [1.82, 2.24) is 14.9 Å². The van der Waals surface area contributed by atoms with E-state index in [-0.39, 0.29) is 24.3 Å². The van der Waals surface area contributed by atoms with Crippen LogP contribution >= 0.6 is 0 Å². The third-order valence-electron chi connectivity index (χ3n) is 5.72. The highest BCUT2D eigenvalue weighted by Crippen LogP contribution is 2.23. The Hall–Kier alpha value is -3.15. The van der Waals surface area contributed by atoms with Crippen LogP contribution in [-0.4, -0.2) is 27.9 Å². The van der Waals surface area contributed by atoms with E-state index in [1.165, 1.54) is 6.42 Å². The number of rotatable bonds is 7. The molecule has 0 spiro atoms. The van der Waals surface area contributed by atoms with Gasteiger partial charge in [0.25, 0.3) is 0 Å². The number of carbonyl (C=O) groups excluding carboxylic acids is 2. The zero-order valence-corrected chi connectivity index (χ0v) is 17.1. The number of aromatic nitrogens is 2. The summed E-state index contributed by atoms with van der Waals surface area (Å²) in [6, 6.07) is 17.2. The first-order valence-electron chi connectivity index (χ1n) is 10.8. The molecule has 0 radical (unpaired) electrons. The van der Waals surface area contributed by atoms with Crippen LogP contribution in [0.3, 0.4) is 0 Å². The number of hydrogen-bond acceptors (Lipinski definition) is 3. The number of imidazole rings is 1. The smallest absolute Gasteiger partial charge is 0.244 e. The molecule has 0 saturated heterocycles. The molecule has 156 valence electrons. The highest BCUT2D eigenvalue weighted by Gasteiger charge is 2.21. The van der Waals surface area contributed by atoms with Gasteiger partial charge in [-0.2, -0.15) is 0 Å². The predicted octanol–water partition coefficient (Wildman–Crippen LogP) is 3.91. The molecule has 0 bridgehead atoms. The van der Waals surface area contributed by atoms with Gasteiger partial charge in [0.2, 0.25) is 11.8 Å². The van der Waals surface area contributed by atoms with E-state index in [1.807, 2.05) is 59.2 Å². The molecule has 1 fully saturated rings. The van der Waals surface area contributed by atoms with E-state index >= 15 is 0 Å². The minimum absolute atomic E-state index is 0.100. The largest absolute Gasteiger partial charge is 0.355 e. The minimum atomic E-state index is -0.100. The van der Waals surface area contributed by atoms with E-state index in [0.717, 1.165) is 48.2 Å². The second-order valence-corrected chi connectivity index (χ2v) is 7.89. The molecule has 0 aliphatic heterocycles. The van der Waals surface area contributed by atoms with Crippen LogP contribution in [0.1, 0.15) is 37.9 Å². The molecular weight excluding hydrogens is 376 g/mol. The summed E-state index contributed by atoms with van der Waals surface area (Å²) in [5.74, 6) is 1.01. The molecular formula is C24H28N4O2. The van der Waals surface area contributed by atoms with Crippen molar-refractivity contribution in [3.05, 3.63) is 60.4 Å². The van der Waals surface area contributed by atoms with Crippen molar-refractivity contribution in [3.63, 3.8) is 0 Å². The summed E-state index contributed by atoms with van der Waals surface area (Å²) in [5, 5.41) is 6.00. The lowest BCUT2D eigenvalue weighted by molar-refractivity contribution is -0.125. The van der Waals surface area contributed by atoms with E-state index in [0.29, 0.717) is 13.0 Å². The average Bonchev–Trinajstić information content (AvgIpc) is 3.12. The van der Waals surface area contributed by atoms with Gasteiger partial charge in [0.1, 0.15) is 12.4 Å². The molecule has 30 heavy (non-hydrogen) atoms. The molecule has 6 nitrogen and oxygen atoms in total. The van der Waals surface area contributed by atoms with Crippen molar-refractivity contribution >= 4 is 28.5 Å². The van der Waals surface area contributed by atoms with Crippen molar-refractivity contribution < 1.29 is 9.59 Å². The molecule has 1 aliphatic carbocycles. The van der Waals surface area contributed by atoms with Crippen LogP contribution in [0.5, 0.6) is 0 Å². The summed E-state index contributed by atoms with van der Waals surface area (Å²) < 4.78 is 1.94. The Morgan fingerprint density at radius 2 is 1.70 bits per heavy atom. The molecule has 1 aromatic heterocycles. The number of nitrogens with zero attached hydrogens (tertiary/aromatic N) is 2. The first kappa shape index (κ1) is 20.1. The third-order valence-corrected chi connectivity index (χ3v) is 5.72. The van der Waals surface area contributed by atoms with E-state index in [1.54, 1.807) is 0 Å². The lowest BCUT2D eigenvalue weighted by Crippen LogP contribution is -2.33. The SMILES string of the molecule is O=C(Cn1c(CCNC(=O)C2CCCCC2)nc2ccccc21)Nc1ccccc1. The number of anilines is 1. The second kappa shape index (κ2) is 9.57. The van der Waals surface area contributed by atoms with Crippen molar-refractivity contribution in [2.45, 2.75) is 45.1 Å². The Balaban J connectivity index is 1.43. The lowest BCUT2D eigenvalue weighted by atomic mass is 9.89. The van der Waals surface area contributed by atoms with Crippen molar-refractivity contribution in [3.8, 4) is 0 Å². The highest BCUT2D eigenvalue weighted by atomic mass is 16.2.